The Morgan fingerprint density at radius 3 is 2.46 bits per heavy atom. The lowest BCUT2D eigenvalue weighted by Crippen LogP contribution is -2.31. The van der Waals surface area contributed by atoms with Gasteiger partial charge in [-0.25, -0.2) is 0 Å². The molecule has 0 amide bonds. The van der Waals surface area contributed by atoms with Gasteiger partial charge < -0.3 is 9.84 Å². The Morgan fingerprint density at radius 2 is 2.00 bits per heavy atom. The van der Waals surface area contributed by atoms with Crippen molar-refractivity contribution < 1.29 is 22.1 Å². The fourth-order valence-corrected chi connectivity index (χ4v) is 2.12. The first-order valence-electron chi connectivity index (χ1n) is 4.17. The van der Waals surface area contributed by atoms with E-state index in [0.717, 1.165) is 0 Å². The van der Waals surface area contributed by atoms with Crippen molar-refractivity contribution in [1.29, 1.82) is 0 Å². The molecular formula is C7H13FO4S. The van der Waals surface area contributed by atoms with E-state index in [4.69, 9.17) is 4.74 Å². The van der Waals surface area contributed by atoms with Gasteiger partial charge in [0.25, 0.3) is 0 Å². The summed E-state index contributed by atoms with van der Waals surface area (Å²) in [5.74, 6) is -0.947. The Bertz CT molecular complexity index is 245. The van der Waals surface area contributed by atoms with Gasteiger partial charge in [0.05, 0.1) is 6.10 Å². The quantitative estimate of drug-likeness (QED) is 0.672. The van der Waals surface area contributed by atoms with Crippen LogP contribution in [0.25, 0.3) is 0 Å². The molecule has 0 aliphatic carbocycles. The van der Waals surface area contributed by atoms with Crippen LogP contribution in [0.3, 0.4) is 0 Å². The summed E-state index contributed by atoms with van der Waals surface area (Å²) in [4.78, 5) is 0. The third-order valence-corrected chi connectivity index (χ3v) is 2.92. The topological polar surface area (TPSA) is 63.6 Å². The van der Waals surface area contributed by atoms with E-state index in [0.29, 0.717) is 26.1 Å². The van der Waals surface area contributed by atoms with Crippen LogP contribution in [0.2, 0.25) is 0 Å². The Morgan fingerprint density at radius 1 is 1.46 bits per heavy atom. The van der Waals surface area contributed by atoms with E-state index in [9.17, 15) is 17.4 Å². The number of aliphatic hydroxyl groups is 1. The molecule has 0 aromatic heterocycles. The highest BCUT2D eigenvalue weighted by atomic mass is 32.3. The Balaban J connectivity index is 2.42. The smallest absolute Gasteiger partial charge is 0.304 e. The van der Waals surface area contributed by atoms with E-state index < -0.39 is 22.1 Å². The highest BCUT2D eigenvalue weighted by molar-refractivity contribution is 7.86. The summed E-state index contributed by atoms with van der Waals surface area (Å²) < 4.78 is 37.7. The van der Waals surface area contributed by atoms with Crippen LogP contribution in [-0.2, 0) is 15.0 Å². The van der Waals surface area contributed by atoms with Crippen molar-refractivity contribution in [2.24, 2.45) is 5.92 Å². The molecule has 0 spiro atoms. The van der Waals surface area contributed by atoms with Crippen LogP contribution in [0.5, 0.6) is 0 Å². The molecule has 1 fully saturated rings. The third-order valence-electron chi connectivity index (χ3n) is 2.18. The molecule has 4 nitrogen and oxygen atoms in total. The molecule has 1 rings (SSSR count). The first-order valence-corrected chi connectivity index (χ1v) is 5.72. The van der Waals surface area contributed by atoms with E-state index >= 15 is 0 Å². The fraction of sp³-hybridized carbons (Fsp3) is 1.00. The van der Waals surface area contributed by atoms with Crippen LogP contribution >= 0.6 is 0 Å². The maximum Gasteiger partial charge on any atom is 0.304 e. The van der Waals surface area contributed by atoms with Crippen LogP contribution in [0.1, 0.15) is 12.8 Å². The summed E-state index contributed by atoms with van der Waals surface area (Å²) in [6.07, 6.45) is 0.0896. The van der Waals surface area contributed by atoms with Crippen LogP contribution in [0.4, 0.5) is 3.89 Å². The lowest BCUT2D eigenvalue weighted by atomic mass is 9.95. The van der Waals surface area contributed by atoms with Crippen molar-refractivity contribution in [2.45, 2.75) is 18.9 Å². The van der Waals surface area contributed by atoms with E-state index in [2.05, 4.69) is 0 Å². The molecule has 1 N–H and O–H groups in total. The normalized spacial score (nSPS) is 22.9. The molecular weight excluding hydrogens is 199 g/mol. The van der Waals surface area contributed by atoms with Crippen LogP contribution in [-0.4, -0.2) is 38.6 Å². The molecule has 0 saturated carbocycles. The number of rotatable bonds is 3. The minimum absolute atomic E-state index is 0.153. The van der Waals surface area contributed by atoms with Crippen LogP contribution < -0.4 is 0 Å². The van der Waals surface area contributed by atoms with Gasteiger partial charge in [-0.2, -0.15) is 8.42 Å². The zero-order chi connectivity index (χ0) is 9.90. The van der Waals surface area contributed by atoms with Crippen LogP contribution in [0, 0.1) is 5.92 Å². The molecule has 0 aromatic carbocycles. The Kier molecular flexibility index (Phi) is 3.63. The predicted molar refractivity (Wildman–Crippen MR) is 44.4 cm³/mol. The number of aliphatic hydroxyl groups excluding tert-OH is 1. The zero-order valence-corrected chi connectivity index (χ0v) is 7.96. The van der Waals surface area contributed by atoms with Gasteiger partial charge in [0.2, 0.25) is 0 Å². The number of halogens is 1. The van der Waals surface area contributed by atoms with E-state index in [1.165, 1.54) is 0 Å². The highest BCUT2D eigenvalue weighted by Gasteiger charge is 2.26. The molecule has 1 heterocycles. The van der Waals surface area contributed by atoms with E-state index in [-0.39, 0.29) is 5.92 Å². The summed E-state index contributed by atoms with van der Waals surface area (Å²) in [5.41, 5.74) is 0. The lowest BCUT2D eigenvalue weighted by molar-refractivity contribution is 0.0161. The second-order valence-electron chi connectivity index (χ2n) is 3.22. The molecule has 13 heavy (non-hydrogen) atoms. The summed E-state index contributed by atoms with van der Waals surface area (Å²) in [7, 11) is -4.56. The molecule has 1 aliphatic heterocycles. The van der Waals surface area contributed by atoms with Crippen molar-refractivity contribution >= 4 is 10.2 Å². The summed E-state index contributed by atoms with van der Waals surface area (Å²) in [6.45, 7) is 1.02. The SMILES string of the molecule is O=S(=O)(F)CC(O)C1CCOCC1. The summed E-state index contributed by atoms with van der Waals surface area (Å²) >= 11 is 0. The first-order chi connectivity index (χ1) is 5.99. The first kappa shape index (κ1) is 10.9. The predicted octanol–water partition coefficient (Wildman–Crippen LogP) is 0.0732. The van der Waals surface area contributed by atoms with Crippen LogP contribution in [0.15, 0.2) is 0 Å². The third kappa shape index (κ3) is 4.02. The average molecular weight is 212 g/mol. The molecule has 1 aliphatic rings. The largest absolute Gasteiger partial charge is 0.392 e. The molecule has 0 radical (unpaired) electrons. The number of ether oxygens (including phenoxy) is 1. The van der Waals surface area contributed by atoms with E-state index in [1.54, 1.807) is 0 Å². The van der Waals surface area contributed by atoms with Gasteiger partial charge in [0, 0.05) is 13.2 Å². The van der Waals surface area contributed by atoms with Crippen molar-refractivity contribution in [3.05, 3.63) is 0 Å². The minimum Gasteiger partial charge on any atom is -0.392 e. The van der Waals surface area contributed by atoms with E-state index in [1.807, 2.05) is 0 Å². The molecule has 1 atom stereocenters. The van der Waals surface area contributed by atoms with Gasteiger partial charge >= 0.3 is 10.2 Å². The maximum atomic E-state index is 12.2. The molecule has 1 saturated heterocycles. The van der Waals surface area contributed by atoms with Crippen molar-refractivity contribution in [3.63, 3.8) is 0 Å². The second kappa shape index (κ2) is 4.34. The molecule has 1 unspecified atom stereocenters. The minimum atomic E-state index is -4.56. The number of hydrogen-bond donors (Lipinski definition) is 1. The van der Waals surface area contributed by atoms with Gasteiger partial charge in [-0.15, -0.1) is 3.89 Å². The monoisotopic (exact) mass is 212 g/mol. The summed E-state index contributed by atoms with van der Waals surface area (Å²) in [6, 6.07) is 0. The maximum absolute atomic E-state index is 12.2. The van der Waals surface area contributed by atoms with Crippen molar-refractivity contribution in [1.82, 2.24) is 0 Å². The fourth-order valence-electron chi connectivity index (χ4n) is 1.44. The molecule has 6 heteroatoms. The zero-order valence-electron chi connectivity index (χ0n) is 7.15. The highest BCUT2D eigenvalue weighted by Crippen LogP contribution is 2.19. The Labute approximate surface area is 76.9 Å². The Hall–Kier alpha value is -0.200. The van der Waals surface area contributed by atoms with Gasteiger partial charge in [0.15, 0.2) is 0 Å². The molecule has 0 bridgehead atoms. The van der Waals surface area contributed by atoms with Gasteiger partial charge in [0.1, 0.15) is 5.75 Å². The molecule has 78 valence electrons. The number of hydrogen-bond acceptors (Lipinski definition) is 4. The standard InChI is InChI=1S/C7H13FO4S/c8-13(10,11)5-7(9)6-1-3-12-4-2-6/h6-7,9H,1-5H2. The van der Waals surface area contributed by atoms with Crippen molar-refractivity contribution in [2.75, 3.05) is 19.0 Å². The van der Waals surface area contributed by atoms with Gasteiger partial charge in [-0.05, 0) is 18.8 Å². The lowest BCUT2D eigenvalue weighted by Gasteiger charge is -2.25. The van der Waals surface area contributed by atoms with Crippen molar-refractivity contribution in [3.8, 4) is 0 Å². The van der Waals surface area contributed by atoms with Gasteiger partial charge in [-0.3, -0.25) is 0 Å². The molecule has 0 aromatic rings. The summed E-state index contributed by atoms with van der Waals surface area (Å²) in [5, 5.41) is 9.33. The second-order valence-corrected chi connectivity index (χ2v) is 4.63. The average Bonchev–Trinajstić information content (AvgIpc) is 2.03. The van der Waals surface area contributed by atoms with Gasteiger partial charge in [-0.1, -0.05) is 0 Å².